The molecule has 1 aromatic heterocycles. The Morgan fingerprint density at radius 3 is 2.82 bits per heavy atom. The van der Waals surface area contributed by atoms with Crippen molar-refractivity contribution in [1.82, 2.24) is 10.3 Å². The molecule has 4 nitrogen and oxygen atoms in total. The number of nitrogens with one attached hydrogen (secondary N) is 1. The van der Waals surface area contributed by atoms with Crippen LogP contribution in [0.2, 0.25) is 0 Å². The summed E-state index contributed by atoms with van der Waals surface area (Å²) in [7, 11) is 0.480. The van der Waals surface area contributed by atoms with E-state index in [4.69, 9.17) is 10.0 Å². The Morgan fingerprint density at radius 1 is 1.29 bits per heavy atom. The summed E-state index contributed by atoms with van der Waals surface area (Å²) in [6, 6.07) is 7.34. The van der Waals surface area contributed by atoms with Crippen molar-refractivity contribution in [3.63, 3.8) is 0 Å². The third kappa shape index (κ3) is 2.82. The van der Waals surface area contributed by atoms with Gasteiger partial charge in [-0.25, -0.2) is 0 Å². The Morgan fingerprint density at radius 2 is 2.12 bits per heavy atom. The van der Waals surface area contributed by atoms with Gasteiger partial charge in [0.15, 0.2) is 0 Å². The number of fused-ring (bicyclic) bond motifs is 1. The van der Waals surface area contributed by atoms with Crippen LogP contribution in [-0.4, -0.2) is 35.7 Å². The Kier molecular flexibility index (Phi) is 3.73. The molecule has 2 aromatic rings. The lowest BCUT2D eigenvalue weighted by Gasteiger charge is -2.05. The normalized spacial score (nSPS) is 10.8. The highest BCUT2D eigenvalue weighted by atomic mass is 16.4. The minimum Gasteiger partial charge on any atom is -0.423 e. The molecule has 0 radical (unpaired) electrons. The summed E-state index contributed by atoms with van der Waals surface area (Å²) in [5.41, 5.74) is 2.42. The van der Waals surface area contributed by atoms with Crippen LogP contribution in [0.1, 0.15) is 5.56 Å². The van der Waals surface area contributed by atoms with Crippen molar-refractivity contribution in [3.8, 4) is 0 Å². The Hall–Kier alpha value is -1.43. The lowest BCUT2D eigenvalue weighted by atomic mass is 9.80. The van der Waals surface area contributed by atoms with Gasteiger partial charge in [0.1, 0.15) is 0 Å². The number of hydrogen-bond donors (Lipinski definition) is 3. The molecule has 0 aliphatic carbocycles. The molecule has 0 unspecified atom stereocenters. The molecule has 1 heterocycles. The molecule has 0 aliphatic rings. The van der Waals surface area contributed by atoms with Gasteiger partial charge in [-0.1, -0.05) is 12.1 Å². The molecule has 88 valence electrons. The fraction of sp³-hybridized carbons (Fsp3) is 0.250. The van der Waals surface area contributed by atoms with Crippen LogP contribution in [0.25, 0.3) is 10.9 Å². The van der Waals surface area contributed by atoms with Gasteiger partial charge in [-0.05, 0) is 43.2 Å². The summed E-state index contributed by atoms with van der Waals surface area (Å²) in [4.78, 5) is 4.33. The fourth-order valence-corrected chi connectivity index (χ4v) is 1.75. The third-order valence-corrected chi connectivity index (χ3v) is 2.73. The van der Waals surface area contributed by atoms with E-state index < -0.39 is 7.12 Å². The highest BCUT2D eigenvalue weighted by Crippen LogP contribution is 2.12. The second-order valence-electron chi connectivity index (χ2n) is 4.02. The van der Waals surface area contributed by atoms with E-state index in [-0.39, 0.29) is 0 Å². The Labute approximate surface area is 100 Å². The number of likely N-dealkylation sites (N-methyl/N-ethyl adjacent to an activating group) is 1. The monoisotopic (exact) mass is 230 g/mol. The van der Waals surface area contributed by atoms with E-state index in [1.807, 2.05) is 19.3 Å². The van der Waals surface area contributed by atoms with Gasteiger partial charge < -0.3 is 15.4 Å². The predicted molar refractivity (Wildman–Crippen MR) is 69.2 cm³/mol. The first-order valence-electron chi connectivity index (χ1n) is 5.60. The predicted octanol–water partition coefficient (Wildman–Crippen LogP) is -0.324. The molecular formula is C12H15BN2O2. The van der Waals surface area contributed by atoms with Gasteiger partial charge in [0, 0.05) is 11.6 Å². The molecule has 0 aliphatic heterocycles. The van der Waals surface area contributed by atoms with Crippen LogP contribution in [0, 0.1) is 0 Å². The number of nitrogens with zero attached hydrogens (tertiary/aromatic N) is 1. The van der Waals surface area contributed by atoms with E-state index in [0.29, 0.717) is 5.46 Å². The molecule has 0 saturated carbocycles. The Bertz CT molecular complexity index is 517. The van der Waals surface area contributed by atoms with Gasteiger partial charge in [0.05, 0.1) is 5.52 Å². The smallest absolute Gasteiger partial charge is 0.423 e. The quantitative estimate of drug-likeness (QED) is 0.629. The topological polar surface area (TPSA) is 65.4 Å². The largest absolute Gasteiger partial charge is 0.488 e. The van der Waals surface area contributed by atoms with E-state index in [2.05, 4.69) is 16.4 Å². The van der Waals surface area contributed by atoms with Crippen LogP contribution in [0.4, 0.5) is 0 Å². The maximum Gasteiger partial charge on any atom is 0.488 e. The molecule has 2 rings (SSSR count). The number of hydrogen-bond acceptors (Lipinski definition) is 4. The fourth-order valence-electron chi connectivity index (χ4n) is 1.75. The van der Waals surface area contributed by atoms with E-state index in [1.54, 1.807) is 12.1 Å². The van der Waals surface area contributed by atoms with Crippen LogP contribution in [0.5, 0.6) is 0 Å². The van der Waals surface area contributed by atoms with Crippen LogP contribution >= 0.6 is 0 Å². The average molecular weight is 230 g/mol. The zero-order chi connectivity index (χ0) is 12.3. The average Bonchev–Trinajstić information content (AvgIpc) is 2.35. The molecule has 0 atom stereocenters. The zero-order valence-corrected chi connectivity index (χ0v) is 9.72. The van der Waals surface area contributed by atoms with Gasteiger partial charge in [-0.15, -0.1) is 0 Å². The van der Waals surface area contributed by atoms with Crippen molar-refractivity contribution in [2.45, 2.75) is 6.42 Å². The van der Waals surface area contributed by atoms with Gasteiger partial charge in [-0.2, -0.15) is 0 Å². The van der Waals surface area contributed by atoms with E-state index in [9.17, 15) is 0 Å². The number of rotatable bonds is 4. The molecule has 0 amide bonds. The van der Waals surface area contributed by atoms with Gasteiger partial charge in [0.2, 0.25) is 0 Å². The Balaban J connectivity index is 2.33. The summed E-state index contributed by atoms with van der Waals surface area (Å²) in [6.45, 7) is 0.917. The molecule has 0 fully saturated rings. The zero-order valence-electron chi connectivity index (χ0n) is 9.72. The summed E-state index contributed by atoms with van der Waals surface area (Å²) in [5, 5.41) is 22.3. The van der Waals surface area contributed by atoms with Crippen LogP contribution in [0.3, 0.4) is 0 Å². The number of aromatic nitrogens is 1. The van der Waals surface area contributed by atoms with Crippen molar-refractivity contribution in [2.24, 2.45) is 0 Å². The minimum atomic E-state index is -1.44. The van der Waals surface area contributed by atoms with E-state index in [0.717, 1.165) is 23.9 Å². The standard InChI is InChI=1S/C12H15BN2O2/c1-14-5-4-9-6-10-2-3-11(13(16)17)7-12(10)15-8-9/h2-3,6-8,14,16-17H,4-5H2,1H3. The third-order valence-electron chi connectivity index (χ3n) is 2.73. The van der Waals surface area contributed by atoms with Crippen molar-refractivity contribution in [2.75, 3.05) is 13.6 Å². The van der Waals surface area contributed by atoms with Crippen molar-refractivity contribution in [1.29, 1.82) is 0 Å². The van der Waals surface area contributed by atoms with Crippen LogP contribution in [-0.2, 0) is 6.42 Å². The number of pyridine rings is 1. The minimum absolute atomic E-state index is 0.466. The lowest BCUT2D eigenvalue weighted by Crippen LogP contribution is -2.29. The van der Waals surface area contributed by atoms with Crippen molar-refractivity contribution in [3.05, 3.63) is 36.0 Å². The summed E-state index contributed by atoms with van der Waals surface area (Å²) in [5.74, 6) is 0. The van der Waals surface area contributed by atoms with Crippen molar-refractivity contribution < 1.29 is 10.0 Å². The molecular weight excluding hydrogens is 215 g/mol. The maximum atomic E-state index is 9.07. The number of benzene rings is 1. The molecule has 3 N–H and O–H groups in total. The summed E-state index contributed by atoms with van der Waals surface area (Å²) < 4.78 is 0. The lowest BCUT2D eigenvalue weighted by molar-refractivity contribution is 0.426. The van der Waals surface area contributed by atoms with Crippen LogP contribution in [0.15, 0.2) is 30.5 Å². The highest BCUT2D eigenvalue weighted by Gasteiger charge is 2.11. The molecule has 0 spiro atoms. The molecule has 0 bridgehead atoms. The molecule has 5 heteroatoms. The first-order chi connectivity index (χ1) is 8.20. The first kappa shape index (κ1) is 12.0. The van der Waals surface area contributed by atoms with Gasteiger partial charge in [0.25, 0.3) is 0 Å². The summed E-state index contributed by atoms with van der Waals surface area (Å²) >= 11 is 0. The van der Waals surface area contributed by atoms with E-state index >= 15 is 0 Å². The second kappa shape index (κ2) is 5.27. The van der Waals surface area contributed by atoms with Gasteiger partial charge in [-0.3, -0.25) is 4.98 Å². The molecule has 17 heavy (non-hydrogen) atoms. The van der Waals surface area contributed by atoms with E-state index in [1.165, 1.54) is 5.56 Å². The van der Waals surface area contributed by atoms with Crippen LogP contribution < -0.4 is 10.8 Å². The summed E-state index contributed by atoms with van der Waals surface area (Å²) in [6.07, 6.45) is 2.76. The second-order valence-corrected chi connectivity index (χ2v) is 4.02. The first-order valence-corrected chi connectivity index (χ1v) is 5.60. The maximum absolute atomic E-state index is 9.07. The highest BCUT2D eigenvalue weighted by molar-refractivity contribution is 6.58. The molecule has 0 saturated heterocycles. The van der Waals surface area contributed by atoms with Crippen molar-refractivity contribution >= 4 is 23.5 Å². The van der Waals surface area contributed by atoms with Gasteiger partial charge >= 0.3 is 7.12 Å². The molecule has 1 aromatic carbocycles. The SMILES string of the molecule is CNCCc1cnc2cc(B(O)O)ccc2c1.